The summed E-state index contributed by atoms with van der Waals surface area (Å²) in [6.07, 6.45) is 1.05. The van der Waals surface area contributed by atoms with Gasteiger partial charge in [-0.15, -0.1) is 0 Å². The maximum absolute atomic E-state index is 13.0. The van der Waals surface area contributed by atoms with Crippen LogP contribution in [0.2, 0.25) is 10.0 Å². The molecule has 0 bridgehead atoms. The molecule has 1 aliphatic heterocycles. The quantitative estimate of drug-likeness (QED) is 0.661. The lowest BCUT2D eigenvalue weighted by Crippen LogP contribution is -2.47. The number of nitrogens with two attached hydrogens (primary N) is 1. The van der Waals surface area contributed by atoms with Gasteiger partial charge in [0.1, 0.15) is 5.75 Å². The normalized spacial score (nSPS) is 16.9. The highest BCUT2D eigenvalue weighted by atomic mass is 35.5. The number of hydrogen-bond acceptors (Lipinski definition) is 4. The van der Waals surface area contributed by atoms with Crippen LogP contribution in [-0.2, 0) is 14.8 Å². The molecule has 0 unspecified atom stereocenters. The fourth-order valence-corrected chi connectivity index (χ4v) is 5.52. The molecule has 2 N–H and O–H groups in total. The van der Waals surface area contributed by atoms with Crippen molar-refractivity contribution in [1.29, 1.82) is 0 Å². The number of rotatable bonds is 7. The van der Waals surface area contributed by atoms with Crippen LogP contribution in [0.3, 0.4) is 0 Å². The van der Waals surface area contributed by atoms with Crippen molar-refractivity contribution in [2.45, 2.75) is 31.1 Å². The fourth-order valence-electron chi connectivity index (χ4n) is 3.66. The maximum atomic E-state index is 13.0. The first kappa shape index (κ1) is 22.9. The van der Waals surface area contributed by atoms with Gasteiger partial charge in [0, 0.05) is 35.0 Å². The largest absolute Gasteiger partial charge is 0.493 e. The summed E-state index contributed by atoms with van der Waals surface area (Å²) in [5.41, 5.74) is 5.85. The zero-order valence-electron chi connectivity index (χ0n) is 16.6. The van der Waals surface area contributed by atoms with E-state index < -0.39 is 21.3 Å². The molecule has 0 spiro atoms. The van der Waals surface area contributed by atoms with Crippen molar-refractivity contribution in [2.24, 2.45) is 11.1 Å². The summed E-state index contributed by atoms with van der Waals surface area (Å²) >= 11 is 12.0. The van der Waals surface area contributed by atoms with E-state index >= 15 is 0 Å². The monoisotopic (exact) mass is 470 g/mol. The van der Waals surface area contributed by atoms with Crippen molar-refractivity contribution in [3.05, 3.63) is 58.1 Å². The van der Waals surface area contributed by atoms with E-state index in [0.29, 0.717) is 28.6 Å². The Morgan fingerprint density at radius 2 is 1.87 bits per heavy atom. The number of primary amides is 1. The Morgan fingerprint density at radius 3 is 2.47 bits per heavy atom. The number of aryl methyl sites for hydroxylation is 1. The molecule has 30 heavy (non-hydrogen) atoms. The highest BCUT2D eigenvalue weighted by molar-refractivity contribution is 7.89. The number of carbonyl (C=O) groups excluding carboxylic acids is 1. The third kappa shape index (κ3) is 5.27. The summed E-state index contributed by atoms with van der Waals surface area (Å²) in [4.78, 5) is 11.9. The fraction of sp³-hybridized carbons (Fsp3) is 0.381. The first-order valence-corrected chi connectivity index (χ1v) is 11.7. The molecular weight excluding hydrogens is 447 g/mol. The Bertz CT molecular complexity index is 1040. The van der Waals surface area contributed by atoms with Crippen LogP contribution in [0.1, 0.15) is 24.8 Å². The molecule has 9 heteroatoms. The molecule has 162 valence electrons. The predicted molar refractivity (Wildman–Crippen MR) is 117 cm³/mol. The summed E-state index contributed by atoms with van der Waals surface area (Å²) in [5, 5.41) is 1.01. The molecule has 0 saturated carbocycles. The first-order chi connectivity index (χ1) is 14.1. The summed E-state index contributed by atoms with van der Waals surface area (Å²) in [7, 11) is -3.66. The topological polar surface area (TPSA) is 89.7 Å². The van der Waals surface area contributed by atoms with Crippen molar-refractivity contribution in [3.8, 4) is 5.75 Å². The van der Waals surface area contributed by atoms with Crippen molar-refractivity contribution < 1.29 is 17.9 Å². The third-order valence-electron chi connectivity index (χ3n) is 5.44. The Kier molecular flexibility index (Phi) is 6.97. The van der Waals surface area contributed by atoms with E-state index in [1.165, 1.54) is 16.4 Å². The number of amides is 1. The van der Waals surface area contributed by atoms with E-state index in [1.807, 2.05) is 13.0 Å². The molecular formula is C21H24Cl2N2O4S. The lowest BCUT2D eigenvalue weighted by Gasteiger charge is -2.40. The summed E-state index contributed by atoms with van der Waals surface area (Å²) in [6.45, 7) is 2.69. The van der Waals surface area contributed by atoms with Gasteiger partial charge in [-0.1, -0.05) is 29.3 Å². The summed E-state index contributed by atoms with van der Waals surface area (Å²) in [5.74, 6) is 0.215. The summed E-state index contributed by atoms with van der Waals surface area (Å²) in [6, 6.07) is 11.6. The second-order valence-corrected chi connectivity index (χ2v) is 10.5. The molecule has 3 rings (SSSR count). The predicted octanol–water partition coefficient (Wildman–Crippen LogP) is 4.03. The second-order valence-electron chi connectivity index (χ2n) is 7.70. The highest BCUT2D eigenvalue weighted by Crippen LogP contribution is 2.38. The van der Waals surface area contributed by atoms with Crippen LogP contribution in [0.25, 0.3) is 0 Å². The number of nitrogens with zero attached hydrogens (tertiary/aromatic N) is 1. The average molecular weight is 471 g/mol. The molecule has 1 amide bonds. The Labute approximate surface area is 187 Å². The number of sulfonamides is 1. The summed E-state index contributed by atoms with van der Waals surface area (Å²) < 4.78 is 33.3. The number of benzene rings is 2. The van der Waals surface area contributed by atoms with Gasteiger partial charge in [-0.25, -0.2) is 8.42 Å². The Balaban J connectivity index is 1.73. The molecule has 1 aliphatic rings. The number of ether oxygens (including phenoxy) is 1. The lowest BCUT2D eigenvalue weighted by atomic mass is 9.76. The maximum Gasteiger partial charge on any atom is 0.243 e. The van der Waals surface area contributed by atoms with Crippen molar-refractivity contribution in [1.82, 2.24) is 4.31 Å². The van der Waals surface area contributed by atoms with Crippen LogP contribution in [0.15, 0.2) is 47.4 Å². The highest BCUT2D eigenvalue weighted by Gasteiger charge is 2.40. The second kappa shape index (κ2) is 9.14. The SMILES string of the molecule is Cc1cc(OCC2(CC(N)=O)CCN(S(=O)(=O)c3cccc(Cl)c3)CC2)ccc1Cl. The minimum Gasteiger partial charge on any atom is -0.493 e. The first-order valence-electron chi connectivity index (χ1n) is 9.54. The van der Waals surface area contributed by atoms with Crippen LogP contribution < -0.4 is 10.5 Å². The number of hydrogen-bond donors (Lipinski definition) is 1. The molecule has 1 saturated heterocycles. The zero-order valence-corrected chi connectivity index (χ0v) is 18.9. The molecule has 0 aliphatic carbocycles. The van der Waals surface area contributed by atoms with E-state index in [1.54, 1.807) is 24.3 Å². The van der Waals surface area contributed by atoms with Crippen LogP contribution >= 0.6 is 23.2 Å². The van der Waals surface area contributed by atoms with Crippen molar-refractivity contribution in [2.75, 3.05) is 19.7 Å². The molecule has 2 aromatic rings. The molecule has 6 nitrogen and oxygen atoms in total. The standard InChI is InChI=1S/C21H24Cl2N2O4S/c1-15-11-17(5-6-19(15)23)29-14-21(13-20(24)26)7-9-25(10-8-21)30(27,28)18-4-2-3-16(22)12-18/h2-6,11-12H,7-10,13-14H2,1H3,(H2,24,26). The van der Waals surface area contributed by atoms with E-state index in [2.05, 4.69) is 0 Å². The van der Waals surface area contributed by atoms with Gasteiger partial charge in [0.15, 0.2) is 0 Å². The van der Waals surface area contributed by atoms with Crippen molar-refractivity contribution in [3.63, 3.8) is 0 Å². The van der Waals surface area contributed by atoms with Gasteiger partial charge in [-0.2, -0.15) is 4.31 Å². The zero-order chi connectivity index (χ0) is 21.9. The molecule has 1 heterocycles. The Hall–Kier alpha value is -1.80. The molecule has 0 aromatic heterocycles. The van der Waals surface area contributed by atoms with E-state index in [0.717, 1.165) is 5.56 Å². The van der Waals surface area contributed by atoms with Gasteiger partial charge in [0.25, 0.3) is 0 Å². The van der Waals surface area contributed by atoms with E-state index in [4.69, 9.17) is 33.7 Å². The van der Waals surface area contributed by atoms with Gasteiger partial charge in [0.05, 0.1) is 11.5 Å². The van der Waals surface area contributed by atoms with Gasteiger partial charge < -0.3 is 10.5 Å². The van der Waals surface area contributed by atoms with Crippen LogP contribution in [0, 0.1) is 12.3 Å². The average Bonchev–Trinajstić information content (AvgIpc) is 2.69. The number of halogens is 2. The van der Waals surface area contributed by atoms with Gasteiger partial charge in [-0.3, -0.25) is 4.79 Å². The molecule has 2 aromatic carbocycles. The van der Waals surface area contributed by atoms with E-state index in [9.17, 15) is 13.2 Å². The minimum absolute atomic E-state index is 0.130. The smallest absolute Gasteiger partial charge is 0.243 e. The number of piperidine rings is 1. The van der Waals surface area contributed by atoms with Gasteiger partial charge >= 0.3 is 0 Å². The Morgan fingerprint density at radius 1 is 1.17 bits per heavy atom. The van der Waals surface area contributed by atoms with Crippen LogP contribution in [0.4, 0.5) is 0 Å². The van der Waals surface area contributed by atoms with E-state index in [-0.39, 0.29) is 31.0 Å². The third-order valence-corrected chi connectivity index (χ3v) is 7.99. The molecule has 1 fully saturated rings. The minimum atomic E-state index is -3.66. The van der Waals surface area contributed by atoms with Crippen LogP contribution in [0.5, 0.6) is 5.75 Å². The number of carbonyl (C=O) groups is 1. The molecule has 0 radical (unpaired) electrons. The van der Waals surface area contributed by atoms with Crippen LogP contribution in [-0.4, -0.2) is 38.3 Å². The van der Waals surface area contributed by atoms with Crippen molar-refractivity contribution >= 4 is 39.1 Å². The molecule has 0 atom stereocenters. The lowest BCUT2D eigenvalue weighted by molar-refractivity contribution is -0.121. The van der Waals surface area contributed by atoms with Gasteiger partial charge in [0.2, 0.25) is 15.9 Å². The van der Waals surface area contributed by atoms with Gasteiger partial charge in [-0.05, 0) is 61.7 Å².